The number of nitrogens with two attached hydrogens (primary N) is 1. The van der Waals surface area contributed by atoms with Crippen molar-refractivity contribution in [2.45, 2.75) is 19.1 Å². The quantitative estimate of drug-likeness (QED) is 0.812. The predicted octanol–water partition coefficient (Wildman–Crippen LogP) is 0.200. The zero-order valence-corrected chi connectivity index (χ0v) is 11.3. The number of carbonyl (C=O) groups is 1. The minimum atomic E-state index is -0.903. The van der Waals surface area contributed by atoms with Gasteiger partial charge in [-0.05, 0) is 13.0 Å². The molecular weight excluding hydrogens is 244 g/mol. The maximum atomic E-state index is 11.4. The number of hydrogen-bond donors (Lipinski definition) is 2. The van der Waals surface area contributed by atoms with E-state index in [1.165, 1.54) is 0 Å². The van der Waals surface area contributed by atoms with Gasteiger partial charge in [-0.25, -0.2) is 4.98 Å². The van der Waals surface area contributed by atoms with Gasteiger partial charge < -0.3 is 15.8 Å². The van der Waals surface area contributed by atoms with Gasteiger partial charge in [-0.2, -0.15) is 0 Å². The molecule has 1 fully saturated rings. The van der Waals surface area contributed by atoms with Crippen LogP contribution in [0.4, 0.5) is 5.82 Å². The number of pyridine rings is 1. The minimum Gasteiger partial charge on any atom is -0.373 e. The van der Waals surface area contributed by atoms with E-state index in [9.17, 15) is 4.79 Å². The molecule has 0 unspecified atom stereocenters. The van der Waals surface area contributed by atoms with Crippen molar-refractivity contribution in [1.82, 2.24) is 9.88 Å². The van der Waals surface area contributed by atoms with Crippen molar-refractivity contribution in [3.05, 3.63) is 23.9 Å². The SMILES string of the molecule is CNc1ncccc1CN1CCO[C@](C)(C(N)=O)C1. The Morgan fingerprint density at radius 2 is 2.47 bits per heavy atom. The van der Waals surface area contributed by atoms with Crippen molar-refractivity contribution >= 4 is 11.7 Å². The van der Waals surface area contributed by atoms with Crippen LogP contribution < -0.4 is 11.1 Å². The third-order valence-corrected chi connectivity index (χ3v) is 3.40. The fourth-order valence-electron chi connectivity index (χ4n) is 2.27. The van der Waals surface area contributed by atoms with Gasteiger partial charge in [0, 0.05) is 38.4 Å². The molecule has 6 heteroatoms. The summed E-state index contributed by atoms with van der Waals surface area (Å²) in [6.07, 6.45) is 1.75. The average molecular weight is 264 g/mol. The highest BCUT2D eigenvalue weighted by atomic mass is 16.5. The third-order valence-electron chi connectivity index (χ3n) is 3.40. The molecule has 2 heterocycles. The Balaban J connectivity index is 2.09. The maximum absolute atomic E-state index is 11.4. The molecule has 19 heavy (non-hydrogen) atoms. The Hall–Kier alpha value is -1.66. The molecule has 3 N–H and O–H groups in total. The van der Waals surface area contributed by atoms with Gasteiger partial charge in [-0.15, -0.1) is 0 Å². The van der Waals surface area contributed by atoms with Crippen LogP contribution in [0.1, 0.15) is 12.5 Å². The van der Waals surface area contributed by atoms with Crippen molar-refractivity contribution in [1.29, 1.82) is 0 Å². The number of rotatable bonds is 4. The van der Waals surface area contributed by atoms with Gasteiger partial charge in [0.15, 0.2) is 5.60 Å². The van der Waals surface area contributed by atoms with Crippen LogP contribution in [0.25, 0.3) is 0 Å². The van der Waals surface area contributed by atoms with Gasteiger partial charge in [-0.3, -0.25) is 9.69 Å². The van der Waals surface area contributed by atoms with Gasteiger partial charge in [0.05, 0.1) is 6.61 Å². The van der Waals surface area contributed by atoms with E-state index in [-0.39, 0.29) is 0 Å². The molecule has 104 valence electrons. The highest BCUT2D eigenvalue weighted by molar-refractivity contribution is 5.83. The van der Waals surface area contributed by atoms with Crippen molar-refractivity contribution in [2.75, 3.05) is 32.1 Å². The molecule has 0 aliphatic carbocycles. The molecule has 0 spiro atoms. The van der Waals surface area contributed by atoms with Gasteiger partial charge >= 0.3 is 0 Å². The zero-order chi connectivity index (χ0) is 13.9. The lowest BCUT2D eigenvalue weighted by atomic mass is 10.0. The maximum Gasteiger partial charge on any atom is 0.250 e. The fraction of sp³-hybridized carbons (Fsp3) is 0.538. The topological polar surface area (TPSA) is 80.5 Å². The number of morpholine rings is 1. The van der Waals surface area contributed by atoms with E-state index in [0.29, 0.717) is 13.2 Å². The third kappa shape index (κ3) is 3.02. The molecule has 1 aromatic rings. The Labute approximate surface area is 112 Å². The van der Waals surface area contributed by atoms with Crippen LogP contribution in [-0.2, 0) is 16.1 Å². The van der Waals surface area contributed by atoms with E-state index in [4.69, 9.17) is 10.5 Å². The highest BCUT2D eigenvalue weighted by Gasteiger charge is 2.37. The summed E-state index contributed by atoms with van der Waals surface area (Å²) >= 11 is 0. The number of anilines is 1. The summed E-state index contributed by atoms with van der Waals surface area (Å²) in [7, 11) is 1.85. The van der Waals surface area contributed by atoms with E-state index in [0.717, 1.165) is 24.5 Å². The summed E-state index contributed by atoms with van der Waals surface area (Å²) in [5.41, 5.74) is 5.59. The van der Waals surface area contributed by atoms with E-state index < -0.39 is 11.5 Å². The Kier molecular flexibility index (Phi) is 4.01. The molecule has 0 saturated carbocycles. The normalized spacial score (nSPS) is 24.1. The lowest BCUT2D eigenvalue weighted by Gasteiger charge is -2.38. The average Bonchev–Trinajstić information content (AvgIpc) is 2.39. The summed E-state index contributed by atoms with van der Waals surface area (Å²) in [6.45, 7) is 4.25. The molecular formula is C13H20N4O2. The van der Waals surface area contributed by atoms with Gasteiger partial charge in [0.2, 0.25) is 0 Å². The number of hydrogen-bond acceptors (Lipinski definition) is 5. The van der Waals surface area contributed by atoms with E-state index in [1.54, 1.807) is 13.1 Å². The van der Waals surface area contributed by atoms with Gasteiger partial charge in [0.1, 0.15) is 5.82 Å². The lowest BCUT2D eigenvalue weighted by molar-refractivity contribution is -0.153. The van der Waals surface area contributed by atoms with Crippen molar-refractivity contribution in [2.24, 2.45) is 5.73 Å². The summed E-state index contributed by atoms with van der Waals surface area (Å²) in [6, 6.07) is 3.93. The Morgan fingerprint density at radius 1 is 1.68 bits per heavy atom. The number of ether oxygens (including phenoxy) is 1. The Bertz CT molecular complexity index is 466. The number of aromatic nitrogens is 1. The van der Waals surface area contributed by atoms with Crippen LogP contribution in [0.3, 0.4) is 0 Å². The first-order valence-corrected chi connectivity index (χ1v) is 6.33. The predicted molar refractivity (Wildman–Crippen MR) is 72.6 cm³/mol. The molecule has 2 rings (SSSR count). The standard InChI is InChI=1S/C13H20N4O2/c1-13(12(14)18)9-17(6-7-19-13)8-10-4-3-5-16-11(10)15-2/h3-5H,6-9H2,1-2H3,(H2,14,18)(H,15,16)/t13-/m0/s1. The highest BCUT2D eigenvalue weighted by Crippen LogP contribution is 2.21. The van der Waals surface area contributed by atoms with Crippen LogP contribution in [0.2, 0.25) is 0 Å². The molecule has 6 nitrogen and oxygen atoms in total. The molecule has 1 atom stereocenters. The van der Waals surface area contributed by atoms with Crippen molar-refractivity contribution in [3.63, 3.8) is 0 Å². The number of primary amides is 1. The fourth-order valence-corrected chi connectivity index (χ4v) is 2.27. The summed E-state index contributed by atoms with van der Waals surface area (Å²) in [4.78, 5) is 17.9. The van der Waals surface area contributed by atoms with Crippen LogP contribution in [0, 0.1) is 0 Å². The zero-order valence-electron chi connectivity index (χ0n) is 11.3. The van der Waals surface area contributed by atoms with Gasteiger partial charge in [0.25, 0.3) is 5.91 Å². The summed E-state index contributed by atoms with van der Waals surface area (Å²) in [5, 5.41) is 3.07. The second-order valence-electron chi connectivity index (χ2n) is 4.92. The smallest absolute Gasteiger partial charge is 0.250 e. The molecule has 0 radical (unpaired) electrons. The number of carbonyl (C=O) groups excluding carboxylic acids is 1. The molecule has 1 aliphatic heterocycles. The first-order valence-electron chi connectivity index (χ1n) is 6.33. The van der Waals surface area contributed by atoms with E-state index in [2.05, 4.69) is 15.2 Å². The summed E-state index contributed by atoms with van der Waals surface area (Å²) < 4.78 is 5.50. The Morgan fingerprint density at radius 3 is 3.16 bits per heavy atom. The molecule has 1 aromatic heterocycles. The number of nitrogens with one attached hydrogen (secondary N) is 1. The second-order valence-corrected chi connectivity index (χ2v) is 4.92. The van der Waals surface area contributed by atoms with E-state index in [1.807, 2.05) is 19.2 Å². The number of nitrogens with zero attached hydrogens (tertiary/aromatic N) is 2. The van der Waals surface area contributed by atoms with Crippen molar-refractivity contribution < 1.29 is 9.53 Å². The molecule has 1 aliphatic rings. The summed E-state index contributed by atoms with van der Waals surface area (Å²) in [5.74, 6) is 0.437. The van der Waals surface area contributed by atoms with Crippen LogP contribution >= 0.6 is 0 Å². The largest absolute Gasteiger partial charge is 0.373 e. The van der Waals surface area contributed by atoms with E-state index >= 15 is 0 Å². The molecule has 1 saturated heterocycles. The first kappa shape index (κ1) is 13.8. The van der Waals surface area contributed by atoms with Crippen LogP contribution in [0.15, 0.2) is 18.3 Å². The molecule has 1 amide bonds. The first-order chi connectivity index (χ1) is 9.05. The van der Waals surface area contributed by atoms with Crippen molar-refractivity contribution in [3.8, 4) is 0 Å². The van der Waals surface area contributed by atoms with Crippen LogP contribution in [-0.4, -0.2) is 48.1 Å². The number of amides is 1. The molecule has 0 bridgehead atoms. The second kappa shape index (κ2) is 5.54. The van der Waals surface area contributed by atoms with Crippen LogP contribution in [0.5, 0.6) is 0 Å². The lowest BCUT2D eigenvalue weighted by Crippen LogP contribution is -2.56. The molecule has 0 aromatic carbocycles. The minimum absolute atomic E-state index is 0.419. The van der Waals surface area contributed by atoms with Gasteiger partial charge in [-0.1, -0.05) is 6.07 Å². The monoisotopic (exact) mass is 264 g/mol.